The Labute approximate surface area is 178 Å². The zero-order valence-corrected chi connectivity index (χ0v) is 18.4. The Morgan fingerprint density at radius 3 is 2.23 bits per heavy atom. The maximum Gasteiger partial charge on any atom is 0.494 e. The van der Waals surface area contributed by atoms with Crippen LogP contribution in [0.2, 0.25) is 0 Å². The molecule has 2 heterocycles. The minimum atomic E-state index is -0.499. The Balaban J connectivity index is 1.69. The molecular weight excluding hydrogens is 379 g/mol. The van der Waals surface area contributed by atoms with Gasteiger partial charge in [-0.05, 0) is 63.0 Å². The summed E-state index contributed by atoms with van der Waals surface area (Å²) in [6, 6.07) is 11.4. The van der Waals surface area contributed by atoms with Crippen molar-refractivity contribution in [3.8, 4) is 0 Å². The third-order valence-corrected chi connectivity index (χ3v) is 6.53. The lowest BCUT2D eigenvalue weighted by Crippen LogP contribution is -2.41. The van der Waals surface area contributed by atoms with Crippen LogP contribution in [0.4, 0.5) is 17.1 Å². The number of amides is 1. The molecule has 30 heavy (non-hydrogen) atoms. The van der Waals surface area contributed by atoms with E-state index in [4.69, 9.17) is 9.31 Å². The van der Waals surface area contributed by atoms with Crippen LogP contribution < -0.4 is 16.1 Å². The molecule has 0 unspecified atom stereocenters. The van der Waals surface area contributed by atoms with Gasteiger partial charge in [0.2, 0.25) is 0 Å². The van der Waals surface area contributed by atoms with Crippen LogP contribution in [0.15, 0.2) is 36.4 Å². The zero-order chi connectivity index (χ0) is 21.9. The quantitative estimate of drug-likeness (QED) is 0.677. The van der Waals surface area contributed by atoms with Crippen LogP contribution in [0, 0.1) is 0 Å². The maximum atomic E-state index is 12.9. The van der Waals surface area contributed by atoms with Crippen LogP contribution in [0.25, 0.3) is 0 Å². The van der Waals surface area contributed by atoms with E-state index in [1.807, 2.05) is 71.9 Å². The number of anilines is 3. The second-order valence-electron chi connectivity index (χ2n) is 9.77. The Kier molecular flexibility index (Phi) is 4.77. The molecule has 0 saturated carbocycles. The second-order valence-corrected chi connectivity index (χ2v) is 9.77. The largest absolute Gasteiger partial charge is 0.494 e. The van der Waals surface area contributed by atoms with Gasteiger partial charge in [-0.1, -0.05) is 26.0 Å². The fraction of sp³-hybridized carbons (Fsp3) is 0.435. The summed E-state index contributed by atoms with van der Waals surface area (Å²) in [6.07, 6.45) is 0. The van der Waals surface area contributed by atoms with E-state index < -0.39 is 23.7 Å². The average molecular weight is 408 g/mol. The Morgan fingerprint density at radius 1 is 0.933 bits per heavy atom. The van der Waals surface area contributed by atoms with Crippen molar-refractivity contribution < 1.29 is 19.2 Å². The lowest BCUT2D eigenvalue weighted by molar-refractivity contribution is 0.00578. The highest BCUT2D eigenvalue weighted by molar-refractivity contribution is 6.62. The van der Waals surface area contributed by atoms with Gasteiger partial charge in [0.05, 0.1) is 40.4 Å². The van der Waals surface area contributed by atoms with Crippen LogP contribution in [-0.2, 0) is 14.7 Å². The van der Waals surface area contributed by atoms with Gasteiger partial charge >= 0.3 is 7.12 Å². The molecule has 0 atom stereocenters. The molecule has 1 fully saturated rings. The predicted octanol–water partition coefficient (Wildman–Crippen LogP) is 3.57. The van der Waals surface area contributed by atoms with Gasteiger partial charge in [0.15, 0.2) is 0 Å². The first-order valence-electron chi connectivity index (χ1n) is 10.3. The highest BCUT2D eigenvalue weighted by Crippen LogP contribution is 2.38. The standard InChI is InChI=1S/C23H29BN2O4/c1-21(2,13-27)14-7-10-17-19(11-14)26-20(28)16-9-8-15(12-18(16)25-17)24-29-22(3,4)23(5,6)30-24/h7-12,25,27H,13H2,1-6H3,(H,26,28). The number of benzene rings is 2. The first kappa shape index (κ1) is 20.9. The normalized spacial score (nSPS) is 19.4. The molecule has 6 nitrogen and oxygen atoms in total. The van der Waals surface area contributed by atoms with E-state index in [0.717, 1.165) is 16.7 Å². The van der Waals surface area contributed by atoms with Crippen LogP contribution >= 0.6 is 0 Å². The summed E-state index contributed by atoms with van der Waals surface area (Å²) >= 11 is 0. The molecule has 2 aliphatic heterocycles. The monoisotopic (exact) mass is 408 g/mol. The van der Waals surface area contributed by atoms with Crippen LogP contribution in [-0.4, -0.2) is 35.9 Å². The van der Waals surface area contributed by atoms with E-state index in [1.165, 1.54) is 0 Å². The smallest absolute Gasteiger partial charge is 0.399 e. The van der Waals surface area contributed by atoms with Gasteiger partial charge in [0, 0.05) is 5.41 Å². The average Bonchev–Trinajstić information content (AvgIpc) is 2.81. The summed E-state index contributed by atoms with van der Waals surface area (Å²) in [6.45, 7) is 12.0. The number of fused-ring (bicyclic) bond motifs is 2. The predicted molar refractivity (Wildman–Crippen MR) is 120 cm³/mol. The molecule has 3 N–H and O–H groups in total. The van der Waals surface area contributed by atoms with E-state index in [2.05, 4.69) is 10.6 Å². The van der Waals surface area contributed by atoms with E-state index in [9.17, 15) is 9.90 Å². The molecule has 0 aliphatic carbocycles. The van der Waals surface area contributed by atoms with Gasteiger partial charge in [-0.25, -0.2) is 0 Å². The van der Waals surface area contributed by atoms with Crippen molar-refractivity contribution >= 4 is 35.6 Å². The van der Waals surface area contributed by atoms with E-state index in [-0.39, 0.29) is 12.5 Å². The number of aliphatic hydroxyl groups excluding tert-OH is 1. The molecule has 0 radical (unpaired) electrons. The number of hydrogen-bond donors (Lipinski definition) is 3. The molecule has 0 aromatic heterocycles. The number of nitrogens with one attached hydrogen (secondary N) is 2. The minimum absolute atomic E-state index is 0.0187. The van der Waals surface area contributed by atoms with Crippen LogP contribution in [0.5, 0.6) is 0 Å². The Hall–Kier alpha value is -2.35. The highest BCUT2D eigenvalue weighted by Gasteiger charge is 2.51. The summed E-state index contributed by atoms with van der Waals surface area (Å²) in [7, 11) is -0.499. The molecule has 0 spiro atoms. The number of carbonyl (C=O) groups is 1. The van der Waals surface area contributed by atoms with Gasteiger partial charge in [0.1, 0.15) is 0 Å². The number of aliphatic hydroxyl groups is 1. The molecule has 0 bridgehead atoms. The van der Waals surface area contributed by atoms with Crippen molar-refractivity contribution in [1.29, 1.82) is 0 Å². The van der Waals surface area contributed by atoms with Gasteiger partial charge in [-0.3, -0.25) is 4.79 Å². The molecule has 4 rings (SSSR count). The van der Waals surface area contributed by atoms with Crippen LogP contribution in [0.3, 0.4) is 0 Å². The van der Waals surface area contributed by atoms with Crippen molar-refractivity contribution in [3.05, 3.63) is 47.5 Å². The molecule has 2 aromatic rings. The maximum absolute atomic E-state index is 12.9. The molecule has 7 heteroatoms. The van der Waals surface area contributed by atoms with Crippen molar-refractivity contribution in [1.82, 2.24) is 0 Å². The molecule has 2 aliphatic rings. The number of carbonyl (C=O) groups excluding carboxylic acids is 1. The fourth-order valence-corrected chi connectivity index (χ4v) is 3.59. The van der Waals surface area contributed by atoms with Gasteiger partial charge in [0.25, 0.3) is 5.91 Å². The summed E-state index contributed by atoms with van der Waals surface area (Å²) in [5.74, 6) is -0.185. The number of hydrogen-bond acceptors (Lipinski definition) is 5. The minimum Gasteiger partial charge on any atom is -0.399 e. The zero-order valence-electron chi connectivity index (χ0n) is 18.4. The Morgan fingerprint density at radius 2 is 1.60 bits per heavy atom. The molecule has 158 valence electrons. The van der Waals surface area contributed by atoms with Gasteiger partial charge < -0.3 is 25.0 Å². The molecule has 1 saturated heterocycles. The first-order valence-corrected chi connectivity index (χ1v) is 10.3. The first-order chi connectivity index (χ1) is 13.9. The summed E-state index contributed by atoms with van der Waals surface area (Å²) in [5, 5.41) is 16.0. The van der Waals surface area contributed by atoms with Crippen molar-refractivity contribution in [2.75, 3.05) is 17.2 Å². The highest BCUT2D eigenvalue weighted by atomic mass is 16.7. The topological polar surface area (TPSA) is 79.8 Å². The third-order valence-electron chi connectivity index (χ3n) is 6.53. The third kappa shape index (κ3) is 3.41. The summed E-state index contributed by atoms with van der Waals surface area (Å²) in [4.78, 5) is 12.9. The SMILES string of the molecule is CC(C)(CO)c1ccc2c(c1)NC(=O)c1ccc(B3OC(C)(C)C(C)(C)O3)cc1N2. The molecule has 1 amide bonds. The van der Waals surface area contributed by atoms with Crippen LogP contribution in [0.1, 0.15) is 57.5 Å². The molecule has 2 aromatic carbocycles. The fourth-order valence-electron chi connectivity index (χ4n) is 3.59. The van der Waals surface area contributed by atoms with E-state index >= 15 is 0 Å². The van der Waals surface area contributed by atoms with Gasteiger partial charge in [-0.2, -0.15) is 0 Å². The van der Waals surface area contributed by atoms with Crippen molar-refractivity contribution in [2.45, 2.75) is 58.2 Å². The number of rotatable bonds is 3. The van der Waals surface area contributed by atoms with E-state index in [0.29, 0.717) is 16.9 Å². The summed E-state index contributed by atoms with van der Waals surface area (Å²) < 4.78 is 12.3. The van der Waals surface area contributed by atoms with E-state index in [1.54, 1.807) is 6.07 Å². The van der Waals surface area contributed by atoms with Crippen molar-refractivity contribution in [2.24, 2.45) is 0 Å². The van der Waals surface area contributed by atoms with Crippen molar-refractivity contribution in [3.63, 3.8) is 0 Å². The second kappa shape index (κ2) is 6.84. The molecular formula is C23H29BN2O4. The Bertz CT molecular complexity index is 1000. The van der Waals surface area contributed by atoms with Gasteiger partial charge in [-0.15, -0.1) is 0 Å². The lowest BCUT2D eigenvalue weighted by Gasteiger charge is -2.32. The summed E-state index contributed by atoms with van der Waals surface area (Å²) in [5.41, 5.74) is 3.28. The lowest BCUT2D eigenvalue weighted by atomic mass is 9.78.